The van der Waals surface area contributed by atoms with E-state index in [-0.39, 0.29) is 5.56 Å². The highest BCUT2D eigenvalue weighted by Crippen LogP contribution is 2.36. The SMILES string of the molecule is Cn1c(=O)c2sccc2n2c(CSc3nnc(C4COc5ccccc5O4)o3)nnc12. The quantitative estimate of drug-likeness (QED) is 0.379. The molecule has 1 aromatic carbocycles. The van der Waals surface area contributed by atoms with Crippen LogP contribution in [0.4, 0.5) is 0 Å². The molecule has 0 saturated carbocycles. The average Bonchev–Trinajstić information content (AvgIpc) is 3.55. The fourth-order valence-electron chi connectivity index (χ4n) is 3.42. The van der Waals surface area contributed by atoms with Gasteiger partial charge < -0.3 is 13.9 Å². The van der Waals surface area contributed by atoms with E-state index in [1.807, 2.05) is 40.1 Å². The van der Waals surface area contributed by atoms with Crippen molar-refractivity contribution in [3.05, 3.63) is 57.8 Å². The van der Waals surface area contributed by atoms with Gasteiger partial charge in [-0.2, -0.15) is 0 Å². The number of aryl methyl sites for hydroxylation is 1. The summed E-state index contributed by atoms with van der Waals surface area (Å²) in [6, 6.07) is 9.35. The Morgan fingerprint density at radius 1 is 1.16 bits per heavy atom. The molecule has 6 rings (SSSR count). The van der Waals surface area contributed by atoms with Gasteiger partial charge in [0.2, 0.25) is 11.9 Å². The number of aromatic nitrogens is 6. The van der Waals surface area contributed by atoms with Gasteiger partial charge in [0, 0.05) is 7.05 Å². The van der Waals surface area contributed by atoms with Crippen molar-refractivity contribution < 1.29 is 13.9 Å². The molecule has 1 aliphatic heterocycles. The number of hydrogen-bond donors (Lipinski definition) is 0. The Labute approximate surface area is 182 Å². The molecule has 5 heterocycles. The zero-order valence-corrected chi connectivity index (χ0v) is 17.7. The van der Waals surface area contributed by atoms with Crippen LogP contribution in [0.5, 0.6) is 11.5 Å². The van der Waals surface area contributed by atoms with Crippen molar-refractivity contribution in [2.24, 2.45) is 7.05 Å². The van der Waals surface area contributed by atoms with E-state index in [1.165, 1.54) is 27.7 Å². The molecule has 1 aliphatic rings. The van der Waals surface area contributed by atoms with Gasteiger partial charge in [0.25, 0.3) is 16.7 Å². The van der Waals surface area contributed by atoms with Gasteiger partial charge in [0.05, 0.1) is 11.3 Å². The topological polar surface area (TPSA) is 110 Å². The van der Waals surface area contributed by atoms with Gasteiger partial charge in [0.15, 0.2) is 11.5 Å². The van der Waals surface area contributed by atoms with Crippen molar-refractivity contribution in [2.45, 2.75) is 17.1 Å². The monoisotopic (exact) mass is 454 g/mol. The molecule has 0 saturated heterocycles. The predicted octanol–water partition coefficient (Wildman–Crippen LogP) is 2.83. The molecule has 1 atom stereocenters. The molecule has 0 N–H and O–H groups in total. The third-order valence-corrected chi connectivity index (χ3v) is 6.63. The van der Waals surface area contributed by atoms with Crippen LogP contribution >= 0.6 is 23.1 Å². The van der Waals surface area contributed by atoms with Gasteiger partial charge in [-0.15, -0.1) is 31.7 Å². The van der Waals surface area contributed by atoms with Crippen molar-refractivity contribution in [2.75, 3.05) is 6.61 Å². The van der Waals surface area contributed by atoms with Crippen molar-refractivity contribution in [1.82, 2.24) is 29.4 Å². The second-order valence-electron chi connectivity index (χ2n) is 6.81. The van der Waals surface area contributed by atoms with Crippen molar-refractivity contribution in [3.8, 4) is 11.5 Å². The molecule has 156 valence electrons. The number of para-hydroxylation sites is 2. The molecule has 12 heteroatoms. The summed E-state index contributed by atoms with van der Waals surface area (Å²) in [4.78, 5) is 12.5. The van der Waals surface area contributed by atoms with Crippen LogP contribution in [0, 0.1) is 0 Å². The molecule has 5 aromatic rings. The number of nitrogens with zero attached hydrogens (tertiary/aromatic N) is 6. The summed E-state index contributed by atoms with van der Waals surface area (Å²) in [7, 11) is 1.69. The van der Waals surface area contributed by atoms with Gasteiger partial charge >= 0.3 is 0 Å². The lowest BCUT2D eigenvalue weighted by Crippen LogP contribution is -2.21. The van der Waals surface area contributed by atoms with Crippen molar-refractivity contribution in [3.63, 3.8) is 0 Å². The zero-order chi connectivity index (χ0) is 20.9. The highest BCUT2D eigenvalue weighted by Gasteiger charge is 2.27. The number of fused-ring (bicyclic) bond motifs is 4. The van der Waals surface area contributed by atoms with E-state index in [9.17, 15) is 4.79 Å². The molecule has 10 nitrogen and oxygen atoms in total. The van der Waals surface area contributed by atoms with Crippen LogP contribution in [0.15, 0.2) is 50.1 Å². The van der Waals surface area contributed by atoms with Gasteiger partial charge in [0.1, 0.15) is 17.1 Å². The normalized spacial score (nSPS) is 15.7. The minimum Gasteiger partial charge on any atom is -0.485 e. The molecule has 0 fully saturated rings. The number of thiophene rings is 1. The minimum atomic E-state index is -0.467. The van der Waals surface area contributed by atoms with Gasteiger partial charge in [-0.3, -0.25) is 13.8 Å². The van der Waals surface area contributed by atoms with Gasteiger partial charge in [-0.25, -0.2) is 0 Å². The lowest BCUT2D eigenvalue weighted by atomic mass is 10.2. The summed E-state index contributed by atoms with van der Waals surface area (Å²) in [5.41, 5.74) is 0.711. The fraction of sp³-hybridized carbons (Fsp3) is 0.211. The van der Waals surface area contributed by atoms with Gasteiger partial charge in [-0.05, 0) is 23.6 Å². The Kier molecular flexibility index (Phi) is 4.21. The van der Waals surface area contributed by atoms with E-state index >= 15 is 0 Å². The Bertz CT molecular complexity index is 1490. The molecule has 0 radical (unpaired) electrons. The molecule has 0 aliphatic carbocycles. The summed E-state index contributed by atoms with van der Waals surface area (Å²) < 4.78 is 21.5. The molecule has 31 heavy (non-hydrogen) atoms. The van der Waals surface area contributed by atoms with E-state index in [4.69, 9.17) is 13.9 Å². The number of benzene rings is 1. The molecule has 4 aromatic heterocycles. The van der Waals surface area contributed by atoms with Crippen LogP contribution < -0.4 is 15.0 Å². The summed E-state index contributed by atoms with van der Waals surface area (Å²) in [5, 5.41) is 19.0. The summed E-state index contributed by atoms with van der Waals surface area (Å²) in [5.74, 6) is 3.31. The highest BCUT2D eigenvalue weighted by molar-refractivity contribution is 7.98. The van der Waals surface area contributed by atoms with E-state index < -0.39 is 6.10 Å². The maximum atomic E-state index is 12.5. The number of ether oxygens (including phenoxy) is 2. The Morgan fingerprint density at radius 3 is 2.94 bits per heavy atom. The van der Waals surface area contributed by atoms with Crippen LogP contribution in [-0.2, 0) is 12.8 Å². The summed E-state index contributed by atoms with van der Waals surface area (Å²) in [6.45, 7) is 0.294. The van der Waals surface area contributed by atoms with E-state index in [1.54, 1.807) is 7.05 Å². The minimum absolute atomic E-state index is 0.0816. The third-order valence-electron chi connectivity index (χ3n) is 4.93. The predicted molar refractivity (Wildman–Crippen MR) is 113 cm³/mol. The van der Waals surface area contributed by atoms with Crippen LogP contribution in [0.1, 0.15) is 17.8 Å². The van der Waals surface area contributed by atoms with E-state index in [0.29, 0.717) is 51.3 Å². The van der Waals surface area contributed by atoms with E-state index in [2.05, 4.69) is 20.4 Å². The Morgan fingerprint density at radius 2 is 2.03 bits per heavy atom. The van der Waals surface area contributed by atoms with Gasteiger partial charge in [-0.1, -0.05) is 23.9 Å². The van der Waals surface area contributed by atoms with Crippen molar-refractivity contribution in [1.29, 1.82) is 0 Å². The summed E-state index contributed by atoms with van der Waals surface area (Å²) in [6.07, 6.45) is -0.467. The summed E-state index contributed by atoms with van der Waals surface area (Å²) >= 11 is 2.74. The molecule has 0 bridgehead atoms. The number of hydrogen-bond acceptors (Lipinski definition) is 10. The standard InChI is InChI=1S/C19H14N6O4S2/c1-24-17(26)15-10(6-7-30-15)25-14(20-22-18(24)25)9-31-19-23-21-16(29-19)13-8-27-11-4-2-3-5-12(11)28-13/h2-7,13H,8-9H2,1H3. The van der Waals surface area contributed by atoms with E-state index in [0.717, 1.165) is 5.52 Å². The smallest absolute Gasteiger partial charge is 0.277 e. The van der Waals surface area contributed by atoms with Crippen LogP contribution in [-0.4, -0.2) is 36.0 Å². The average molecular weight is 454 g/mol. The first-order chi connectivity index (χ1) is 15.2. The number of rotatable bonds is 4. The maximum Gasteiger partial charge on any atom is 0.277 e. The first-order valence-corrected chi connectivity index (χ1v) is 11.2. The van der Waals surface area contributed by atoms with Crippen LogP contribution in [0.3, 0.4) is 0 Å². The molecular formula is C19H14N6O4S2. The molecule has 0 spiro atoms. The Balaban J connectivity index is 1.24. The second kappa shape index (κ2) is 7.10. The second-order valence-corrected chi connectivity index (χ2v) is 8.65. The largest absolute Gasteiger partial charge is 0.485 e. The molecule has 0 amide bonds. The highest BCUT2D eigenvalue weighted by atomic mass is 32.2. The number of thioether (sulfide) groups is 1. The molecular weight excluding hydrogens is 440 g/mol. The lowest BCUT2D eigenvalue weighted by Gasteiger charge is -2.23. The third kappa shape index (κ3) is 2.98. The first-order valence-electron chi connectivity index (χ1n) is 9.34. The lowest BCUT2D eigenvalue weighted by molar-refractivity contribution is 0.0686. The first kappa shape index (κ1) is 18.4. The maximum absolute atomic E-state index is 12.5. The Hall–Kier alpha value is -3.38. The van der Waals surface area contributed by atoms with Crippen LogP contribution in [0.2, 0.25) is 0 Å². The van der Waals surface area contributed by atoms with Crippen molar-refractivity contribution >= 4 is 39.1 Å². The fourth-order valence-corrected chi connectivity index (χ4v) is 4.96. The van der Waals surface area contributed by atoms with Crippen LogP contribution in [0.25, 0.3) is 16.0 Å². The molecule has 1 unspecified atom stereocenters. The zero-order valence-electron chi connectivity index (χ0n) is 16.1.